The highest BCUT2D eigenvalue weighted by Crippen LogP contribution is 2.40. The molecule has 1 N–H and O–H groups in total. The Bertz CT molecular complexity index is 424. The summed E-state index contributed by atoms with van der Waals surface area (Å²) in [6, 6.07) is 0.801. The molecular formula is C16H29NO4S2Si. The summed E-state index contributed by atoms with van der Waals surface area (Å²) in [5.74, 6) is 1.46. The van der Waals surface area contributed by atoms with Crippen LogP contribution in [-0.2, 0) is 18.1 Å². The summed E-state index contributed by atoms with van der Waals surface area (Å²) >= 11 is 0. The summed E-state index contributed by atoms with van der Waals surface area (Å²) in [7, 11) is 1.57. The summed E-state index contributed by atoms with van der Waals surface area (Å²) in [5, 5.41) is 3.83. The van der Waals surface area contributed by atoms with Crippen molar-refractivity contribution in [3.8, 4) is 0 Å². The van der Waals surface area contributed by atoms with Gasteiger partial charge in [0.15, 0.2) is 0 Å². The highest BCUT2D eigenvalue weighted by molar-refractivity contribution is 8.77. The molecule has 1 amide bonds. The van der Waals surface area contributed by atoms with E-state index in [4.69, 9.17) is 13.3 Å². The molecule has 3 rings (SSSR count). The van der Waals surface area contributed by atoms with Crippen LogP contribution in [0, 0.1) is 0 Å². The van der Waals surface area contributed by atoms with E-state index in [0.717, 1.165) is 30.6 Å². The predicted octanol–water partition coefficient (Wildman–Crippen LogP) is 3.37. The Morgan fingerprint density at radius 3 is 2.62 bits per heavy atom. The van der Waals surface area contributed by atoms with Crippen LogP contribution in [0.4, 0.5) is 0 Å². The Balaban J connectivity index is 1.22. The van der Waals surface area contributed by atoms with Crippen molar-refractivity contribution in [2.24, 2.45) is 0 Å². The maximum Gasteiger partial charge on any atom is 0.502 e. The van der Waals surface area contributed by atoms with Crippen molar-refractivity contribution in [1.29, 1.82) is 0 Å². The Morgan fingerprint density at radius 1 is 1.17 bits per heavy atom. The summed E-state index contributed by atoms with van der Waals surface area (Å²) in [4.78, 5) is 11.9. The molecule has 3 unspecified atom stereocenters. The van der Waals surface area contributed by atoms with Crippen LogP contribution in [0.5, 0.6) is 0 Å². The average molecular weight is 392 g/mol. The highest BCUT2D eigenvalue weighted by Gasteiger charge is 2.60. The number of unbranched alkanes of at least 4 members (excludes halogenated alkanes) is 1. The van der Waals surface area contributed by atoms with E-state index in [9.17, 15) is 4.79 Å². The zero-order valence-corrected chi connectivity index (χ0v) is 17.3. The van der Waals surface area contributed by atoms with Crippen LogP contribution in [0.25, 0.3) is 0 Å². The Kier molecular flexibility index (Phi) is 6.96. The molecule has 0 radical (unpaired) electrons. The van der Waals surface area contributed by atoms with Gasteiger partial charge in [0.2, 0.25) is 5.91 Å². The van der Waals surface area contributed by atoms with Crippen LogP contribution in [0.2, 0.25) is 6.04 Å². The first kappa shape index (κ1) is 19.0. The fourth-order valence-corrected chi connectivity index (χ4v) is 9.94. The minimum atomic E-state index is -2.43. The lowest BCUT2D eigenvalue weighted by molar-refractivity contribution is -0.121. The van der Waals surface area contributed by atoms with E-state index in [1.54, 1.807) is 0 Å². The number of amides is 1. The lowest BCUT2D eigenvalue weighted by atomic mass is 10.1. The van der Waals surface area contributed by atoms with Crippen molar-refractivity contribution in [3.05, 3.63) is 0 Å². The van der Waals surface area contributed by atoms with Crippen LogP contribution in [0.1, 0.15) is 52.4 Å². The molecule has 8 heteroatoms. The summed E-state index contributed by atoms with van der Waals surface area (Å²) in [6.07, 6.45) is 6.64. The molecule has 138 valence electrons. The van der Waals surface area contributed by atoms with Crippen molar-refractivity contribution < 1.29 is 18.1 Å². The quantitative estimate of drug-likeness (QED) is 0.369. The first-order valence-electron chi connectivity index (χ1n) is 9.16. The van der Waals surface area contributed by atoms with Gasteiger partial charge in [0.05, 0.1) is 18.3 Å². The zero-order valence-electron chi connectivity index (χ0n) is 14.6. The standard InChI is InChI=1S/C16H29NO4S2Si/c1-12-16-13(2)20-24(19-12,21-16)11-5-9-17-15(18)7-4-3-6-14-8-10-22-23-14/h12-14,16H,3-11H2,1-2H3,(H,17,18). The van der Waals surface area contributed by atoms with Crippen LogP contribution in [0.3, 0.4) is 0 Å². The van der Waals surface area contributed by atoms with Gasteiger partial charge in [-0.15, -0.1) is 0 Å². The van der Waals surface area contributed by atoms with Crippen molar-refractivity contribution in [2.45, 2.75) is 82.0 Å². The van der Waals surface area contributed by atoms with Crippen molar-refractivity contribution in [3.63, 3.8) is 0 Å². The van der Waals surface area contributed by atoms with E-state index in [2.05, 4.69) is 19.2 Å². The van der Waals surface area contributed by atoms with Crippen LogP contribution >= 0.6 is 21.6 Å². The maximum atomic E-state index is 11.9. The normalized spacial score (nSPS) is 37.9. The third kappa shape index (κ3) is 4.91. The van der Waals surface area contributed by atoms with Gasteiger partial charge in [-0.3, -0.25) is 4.79 Å². The second-order valence-corrected chi connectivity index (χ2v) is 12.3. The number of rotatable bonds is 9. The number of fused-ring (bicyclic) bond motifs is 2. The van der Waals surface area contributed by atoms with Crippen LogP contribution < -0.4 is 5.32 Å². The third-order valence-electron chi connectivity index (χ3n) is 4.86. The minimum Gasteiger partial charge on any atom is -0.368 e. The molecule has 0 aromatic heterocycles. The van der Waals surface area contributed by atoms with E-state index in [1.807, 2.05) is 21.6 Å². The van der Waals surface area contributed by atoms with E-state index >= 15 is 0 Å². The molecule has 0 spiro atoms. The molecule has 0 saturated carbocycles. The van der Waals surface area contributed by atoms with Crippen molar-refractivity contribution in [1.82, 2.24) is 5.32 Å². The predicted molar refractivity (Wildman–Crippen MR) is 101 cm³/mol. The van der Waals surface area contributed by atoms with Gasteiger partial charge in [0.25, 0.3) is 0 Å². The Labute approximate surface area is 154 Å². The second-order valence-electron chi connectivity index (χ2n) is 6.94. The van der Waals surface area contributed by atoms with Crippen molar-refractivity contribution in [2.75, 3.05) is 12.3 Å². The first-order valence-corrected chi connectivity index (χ1v) is 13.5. The van der Waals surface area contributed by atoms with Gasteiger partial charge in [-0.25, -0.2) is 0 Å². The lowest BCUT2D eigenvalue weighted by Crippen LogP contribution is -2.44. The van der Waals surface area contributed by atoms with Crippen molar-refractivity contribution >= 4 is 36.3 Å². The fraction of sp³-hybridized carbons (Fsp3) is 0.938. The SMILES string of the molecule is CC1O[Si]2(CCCNC(=O)CCCCC3CCSS3)OC(C)C1O2. The molecule has 2 bridgehead atoms. The van der Waals surface area contributed by atoms with Gasteiger partial charge >= 0.3 is 8.80 Å². The third-order valence-corrected chi connectivity index (χ3v) is 10.9. The van der Waals surface area contributed by atoms with E-state index in [-0.39, 0.29) is 24.2 Å². The molecular weight excluding hydrogens is 362 g/mol. The molecule has 5 nitrogen and oxygen atoms in total. The second kappa shape index (κ2) is 8.77. The molecule has 0 aliphatic carbocycles. The monoisotopic (exact) mass is 391 g/mol. The Hall–Kier alpha value is 0.267. The van der Waals surface area contributed by atoms with E-state index in [1.165, 1.54) is 18.6 Å². The van der Waals surface area contributed by atoms with Gasteiger partial charge in [-0.05, 0) is 39.5 Å². The molecule has 3 heterocycles. The largest absolute Gasteiger partial charge is 0.502 e. The molecule has 0 aromatic rings. The molecule has 3 aliphatic rings. The number of hydrogen-bond donors (Lipinski definition) is 1. The van der Waals surface area contributed by atoms with Gasteiger partial charge < -0.3 is 18.6 Å². The molecule has 24 heavy (non-hydrogen) atoms. The van der Waals surface area contributed by atoms with Gasteiger partial charge in [-0.2, -0.15) is 0 Å². The topological polar surface area (TPSA) is 56.8 Å². The Morgan fingerprint density at radius 2 is 1.96 bits per heavy atom. The average Bonchev–Trinajstić information content (AvgIpc) is 3.23. The van der Waals surface area contributed by atoms with Crippen LogP contribution in [0.15, 0.2) is 0 Å². The zero-order chi connectivity index (χ0) is 17.0. The van der Waals surface area contributed by atoms with Gasteiger partial charge in [0.1, 0.15) is 0 Å². The van der Waals surface area contributed by atoms with E-state index < -0.39 is 8.80 Å². The highest BCUT2D eigenvalue weighted by atomic mass is 33.1. The van der Waals surface area contributed by atoms with Gasteiger partial charge in [-0.1, -0.05) is 28.0 Å². The molecule has 3 saturated heterocycles. The number of hydrogen-bond acceptors (Lipinski definition) is 6. The number of carbonyl (C=O) groups is 1. The van der Waals surface area contributed by atoms with E-state index in [0.29, 0.717) is 13.0 Å². The smallest absolute Gasteiger partial charge is 0.368 e. The summed E-state index contributed by atoms with van der Waals surface area (Å²) in [6.45, 7) is 4.80. The molecule has 3 fully saturated rings. The summed E-state index contributed by atoms with van der Waals surface area (Å²) < 4.78 is 17.9. The minimum absolute atomic E-state index is 0.0997. The number of carbonyl (C=O) groups excluding carboxylic acids is 1. The molecule has 0 aromatic carbocycles. The molecule has 3 aliphatic heterocycles. The first-order chi connectivity index (χ1) is 11.6. The van der Waals surface area contributed by atoms with Gasteiger partial charge in [0, 0.05) is 30.0 Å². The summed E-state index contributed by atoms with van der Waals surface area (Å²) in [5.41, 5.74) is 0. The van der Waals surface area contributed by atoms with Crippen LogP contribution in [-0.4, -0.2) is 50.6 Å². The maximum absolute atomic E-state index is 11.9. The lowest BCUT2D eigenvalue weighted by Gasteiger charge is -2.26. The molecule has 3 atom stereocenters. The fourth-order valence-electron chi connectivity index (χ4n) is 3.58. The number of nitrogens with one attached hydrogen (secondary N) is 1.